The van der Waals surface area contributed by atoms with Crippen LogP contribution in [0.25, 0.3) is 0 Å². The molecule has 4 rings (SSSR count). The van der Waals surface area contributed by atoms with Crippen molar-refractivity contribution in [2.24, 2.45) is 34.5 Å². The van der Waals surface area contributed by atoms with Gasteiger partial charge in [0, 0.05) is 5.41 Å². The quantitative estimate of drug-likeness (QED) is 0.431. The van der Waals surface area contributed by atoms with Gasteiger partial charge in [0.25, 0.3) is 0 Å². The third-order valence-electron chi connectivity index (χ3n) is 8.69. The smallest absolute Gasteiger partial charge is 0.0101 e. The van der Waals surface area contributed by atoms with Crippen LogP contribution in [0.5, 0.6) is 0 Å². The van der Waals surface area contributed by atoms with E-state index in [1.54, 1.807) is 11.1 Å². The minimum absolute atomic E-state index is 0.328. The Morgan fingerprint density at radius 2 is 1.93 bits per heavy atom. The molecule has 0 aliphatic heterocycles. The van der Waals surface area contributed by atoms with E-state index in [1.807, 2.05) is 13.8 Å². The minimum Gasteiger partial charge on any atom is -0.0996 e. The van der Waals surface area contributed by atoms with Crippen LogP contribution >= 0.6 is 0 Å². The van der Waals surface area contributed by atoms with Gasteiger partial charge in [-0.2, -0.15) is 0 Å². The Bertz CT molecular complexity index is 674. The Morgan fingerprint density at radius 3 is 2.59 bits per heavy atom. The molecule has 0 aromatic rings. The Labute approximate surface area is 168 Å². The molecular formula is C27H42. The molecule has 0 nitrogen and oxygen atoms in total. The summed E-state index contributed by atoms with van der Waals surface area (Å²) in [5, 5.41) is 0. The number of allylic oxidation sites excluding steroid dienone is 6. The summed E-state index contributed by atoms with van der Waals surface area (Å²) in [6.45, 7) is 22.7. The van der Waals surface area contributed by atoms with Crippen LogP contribution in [-0.2, 0) is 0 Å². The van der Waals surface area contributed by atoms with E-state index in [0.29, 0.717) is 10.8 Å². The molecule has 4 aliphatic rings. The summed E-state index contributed by atoms with van der Waals surface area (Å²) in [5.41, 5.74) is 7.10. The monoisotopic (exact) mass is 366 g/mol. The van der Waals surface area contributed by atoms with Crippen molar-refractivity contribution in [3.05, 3.63) is 47.6 Å². The summed E-state index contributed by atoms with van der Waals surface area (Å²) in [5.74, 6) is 3.19. The lowest BCUT2D eigenvalue weighted by Crippen LogP contribution is -2.44. The first-order valence-corrected chi connectivity index (χ1v) is 11.6. The topological polar surface area (TPSA) is 0 Å². The van der Waals surface area contributed by atoms with Crippen LogP contribution in [0, 0.1) is 34.5 Å². The average molecular weight is 367 g/mol. The predicted molar refractivity (Wildman–Crippen MR) is 120 cm³/mol. The molecule has 0 aromatic carbocycles. The van der Waals surface area contributed by atoms with Crippen LogP contribution in [0.3, 0.4) is 0 Å². The van der Waals surface area contributed by atoms with Gasteiger partial charge in [0.15, 0.2) is 0 Å². The van der Waals surface area contributed by atoms with Crippen molar-refractivity contribution in [1.29, 1.82) is 0 Å². The van der Waals surface area contributed by atoms with E-state index in [9.17, 15) is 0 Å². The fourth-order valence-corrected chi connectivity index (χ4v) is 7.40. The largest absolute Gasteiger partial charge is 0.0996 e. The lowest BCUT2D eigenvalue weighted by atomic mass is 9.51. The van der Waals surface area contributed by atoms with Gasteiger partial charge in [-0.3, -0.25) is 0 Å². The van der Waals surface area contributed by atoms with Gasteiger partial charge < -0.3 is 0 Å². The van der Waals surface area contributed by atoms with Crippen LogP contribution in [0.2, 0.25) is 0 Å². The third-order valence-corrected chi connectivity index (χ3v) is 8.69. The molecule has 150 valence electrons. The van der Waals surface area contributed by atoms with Crippen molar-refractivity contribution in [1.82, 2.24) is 0 Å². The van der Waals surface area contributed by atoms with Gasteiger partial charge in [-0.15, -0.1) is 0 Å². The second-order valence-corrected chi connectivity index (χ2v) is 9.98. The number of hydrogen-bond donors (Lipinski definition) is 0. The molecule has 0 bridgehead atoms. The third kappa shape index (κ3) is 3.02. The van der Waals surface area contributed by atoms with Gasteiger partial charge in [-0.05, 0) is 74.0 Å². The predicted octanol–water partition coefficient (Wildman–Crippen LogP) is 8.28. The second-order valence-electron chi connectivity index (χ2n) is 9.98. The van der Waals surface area contributed by atoms with Crippen molar-refractivity contribution in [3.63, 3.8) is 0 Å². The molecule has 0 amide bonds. The van der Waals surface area contributed by atoms with Crippen molar-refractivity contribution in [3.8, 4) is 0 Å². The van der Waals surface area contributed by atoms with Crippen LogP contribution in [-0.4, -0.2) is 0 Å². The van der Waals surface area contributed by atoms with Crippen LogP contribution in [0.4, 0.5) is 0 Å². The van der Waals surface area contributed by atoms with E-state index in [2.05, 4.69) is 53.0 Å². The molecule has 2 unspecified atom stereocenters. The molecule has 0 N–H and O–H groups in total. The highest BCUT2D eigenvalue weighted by Crippen LogP contribution is 2.66. The summed E-state index contributed by atoms with van der Waals surface area (Å²) in [6, 6.07) is 0. The van der Waals surface area contributed by atoms with Crippen molar-refractivity contribution in [2.75, 3.05) is 0 Å². The number of hydrogen-bond acceptors (Lipinski definition) is 0. The highest BCUT2D eigenvalue weighted by molar-refractivity contribution is 5.43. The molecule has 4 aliphatic carbocycles. The Hall–Kier alpha value is -1.04. The Balaban J connectivity index is 0.00000102. The first kappa shape index (κ1) is 20.7. The van der Waals surface area contributed by atoms with Gasteiger partial charge in [0.05, 0.1) is 0 Å². The fourth-order valence-electron chi connectivity index (χ4n) is 7.40. The van der Waals surface area contributed by atoms with Crippen molar-refractivity contribution >= 4 is 0 Å². The standard InChI is InChI=1S/C25H36.C2H6/c1-7-17(3)23-18(4)15-22-20-9-8-19-14-16(2)10-12-24(19,5)21(20)11-13-25(22,23)6;1-2/h11,14,18,20,22-23H,2-3,7-10,12-13,15H2,1,4-6H3;1-2H3/t18-,20?,22?,23+,24+,25+;/m1./s1. The number of rotatable bonds is 2. The minimum atomic E-state index is 0.328. The molecule has 2 fully saturated rings. The maximum absolute atomic E-state index is 4.49. The van der Waals surface area contributed by atoms with E-state index in [-0.39, 0.29) is 0 Å². The van der Waals surface area contributed by atoms with Gasteiger partial charge in [-0.25, -0.2) is 0 Å². The summed E-state index contributed by atoms with van der Waals surface area (Å²) >= 11 is 0. The molecule has 0 heterocycles. The van der Waals surface area contributed by atoms with Crippen LogP contribution in [0.15, 0.2) is 47.6 Å². The molecule has 0 saturated heterocycles. The first-order valence-electron chi connectivity index (χ1n) is 11.6. The van der Waals surface area contributed by atoms with E-state index >= 15 is 0 Å². The molecule has 0 spiro atoms. The van der Waals surface area contributed by atoms with E-state index in [1.165, 1.54) is 49.7 Å². The highest BCUT2D eigenvalue weighted by Gasteiger charge is 2.57. The molecule has 0 aromatic heterocycles. The lowest BCUT2D eigenvalue weighted by Gasteiger charge is -2.54. The van der Waals surface area contributed by atoms with Gasteiger partial charge >= 0.3 is 0 Å². The molecule has 6 atom stereocenters. The first-order chi connectivity index (χ1) is 12.8. The maximum atomic E-state index is 4.49. The van der Waals surface area contributed by atoms with Crippen LogP contribution < -0.4 is 0 Å². The Morgan fingerprint density at radius 1 is 1.22 bits per heavy atom. The summed E-state index contributed by atoms with van der Waals surface area (Å²) in [7, 11) is 0. The zero-order valence-corrected chi connectivity index (χ0v) is 18.8. The van der Waals surface area contributed by atoms with Gasteiger partial charge in [-0.1, -0.05) is 89.1 Å². The maximum Gasteiger partial charge on any atom is 0.0101 e. The molecule has 2 saturated carbocycles. The van der Waals surface area contributed by atoms with Crippen LogP contribution in [0.1, 0.15) is 86.5 Å². The zero-order chi connectivity index (χ0) is 20.0. The normalized spacial score (nSPS) is 42.7. The lowest BCUT2D eigenvalue weighted by molar-refractivity contribution is 0.0942. The van der Waals surface area contributed by atoms with Crippen molar-refractivity contribution in [2.45, 2.75) is 86.5 Å². The van der Waals surface area contributed by atoms with E-state index in [0.717, 1.165) is 30.1 Å². The molecule has 0 radical (unpaired) electrons. The molecule has 0 heteroatoms. The fraction of sp³-hybridized carbons (Fsp3) is 0.704. The van der Waals surface area contributed by atoms with Gasteiger partial charge in [0.1, 0.15) is 0 Å². The Kier molecular flexibility index (Phi) is 5.68. The van der Waals surface area contributed by atoms with Crippen molar-refractivity contribution < 1.29 is 0 Å². The van der Waals surface area contributed by atoms with Gasteiger partial charge in [0.2, 0.25) is 0 Å². The number of fused-ring (bicyclic) bond motifs is 5. The van der Waals surface area contributed by atoms with E-state index in [4.69, 9.17) is 0 Å². The van der Waals surface area contributed by atoms with E-state index < -0.39 is 0 Å². The molecular weight excluding hydrogens is 324 g/mol. The SMILES string of the molecule is C=C1C=C2CCC3C(=CC[C@@]4(C)C3C[C@@H](C)[C@@H]4C(=C)CC)[C@@]2(C)CC1.CC. The second kappa shape index (κ2) is 7.41. The summed E-state index contributed by atoms with van der Waals surface area (Å²) < 4.78 is 0. The average Bonchev–Trinajstić information content (AvgIpc) is 2.93. The highest BCUT2D eigenvalue weighted by atomic mass is 14.6. The summed E-state index contributed by atoms with van der Waals surface area (Å²) in [4.78, 5) is 0. The molecule has 27 heavy (non-hydrogen) atoms. The zero-order valence-electron chi connectivity index (χ0n) is 18.8. The summed E-state index contributed by atoms with van der Waals surface area (Å²) in [6.07, 6.45) is 14.1.